The predicted octanol–water partition coefficient (Wildman–Crippen LogP) is 5.49. The minimum Gasteiger partial charge on any atom is -0.458 e. The highest BCUT2D eigenvalue weighted by Crippen LogP contribution is 2.73. The summed E-state index contributed by atoms with van der Waals surface area (Å²) in [5.41, 5.74) is -5.09. The summed E-state index contributed by atoms with van der Waals surface area (Å²) in [6.07, 6.45) is 2.24. The van der Waals surface area contributed by atoms with Crippen molar-refractivity contribution in [3.8, 4) is 0 Å². The van der Waals surface area contributed by atoms with Gasteiger partial charge in [-0.2, -0.15) is 0 Å². The van der Waals surface area contributed by atoms with Gasteiger partial charge in [0.25, 0.3) is 0 Å². The van der Waals surface area contributed by atoms with Crippen LogP contribution in [0.2, 0.25) is 0 Å². The number of rotatable bonds is 3. The number of Topliss-reactive ketones (excluding diaryl/α,β-unsaturated/α-hetero) is 1. The van der Waals surface area contributed by atoms with Crippen LogP contribution in [0.25, 0.3) is 0 Å². The molecule has 6 nitrogen and oxygen atoms in total. The van der Waals surface area contributed by atoms with Gasteiger partial charge in [-0.1, -0.05) is 19.4 Å². The number of ether oxygens (including phenoxy) is 3. The Morgan fingerprint density at radius 2 is 1.84 bits per heavy atom. The van der Waals surface area contributed by atoms with Crippen molar-refractivity contribution in [2.24, 2.45) is 28.1 Å². The van der Waals surface area contributed by atoms with E-state index in [1.807, 2.05) is 13.8 Å². The van der Waals surface area contributed by atoms with E-state index in [0.29, 0.717) is 25.7 Å². The minimum absolute atomic E-state index is 0.0181. The average Bonchev–Trinajstić information content (AvgIpc) is 3.20. The number of carbonyl (C=O) groups is 3. The van der Waals surface area contributed by atoms with E-state index in [-0.39, 0.29) is 36.2 Å². The van der Waals surface area contributed by atoms with Crippen LogP contribution in [0.4, 0.5) is 4.39 Å². The van der Waals surface area contributed by atoms with Gasteiger partial charge in [-0.3, -0.25) is 14.4 Å². The molecule has 0 N–H and O–H groups in total. The smallest absolute Gasteiger partial charge is 0.311 e. The molecule has 3 saturated carbocycles. The first-order valence-corrected chi connectivity index (χ1v) is 14.1. The molecule has 1 aliphatic heterocycles. The van der Waals surface area contributed by atoms with Gasteiger partial charge < -0.3 is 14.2 Å². The zero-order chi connectivity index (χ0) is 27.4. The van der Waals surface area contributed by atoms with Gasteiger partial charge in [-0.05, 0) is 78.7 Å². The van der Waals surface area contributed by atoms with Crippen molar-refractivity contribution in [3.05, 3.63) is 11.6 Å². The van der Waals surface area contributed by atoms with Gasteiger partial charge in [0, 0.05) is 23.2 Å². The van der Waals surface area contributed by atoms with E-state index in [1.54, 1.807) is 40.7 Å². The Morgan fingerprint density at radius 3 is 2.46 bits per heavy atom. The maximum absolute atomic E-state index is 18.2. The van der Waals surface area contributed by atoms with Crippen molar-refractivity contribution < 1.29 is 33.0 Å². The van der Waals surface area contributed by atoms with E-state index in [9.17, 15) is 14.4 Å². The SMILES string of the molecule is CC1(C)O[C@@H]2C[C@H]3[C@@H]4CCC5=CC(=O)CC[C@]5(C)[C@@]4(F)[C@@H](OC(=O)C(C)(C)C)C[C@]3(C)[C@]2(C(=O)CCl)O1. The average molecular weight is 539 g/mol. The normalized spacial score (nSPS) is 46.3. The molecular formula is C29H40ClFO6. The lowest BCUT2D eigenvalue weighted by Crippen LogP contribution is -2.71. The monoisotopic (exact) mass is 538 g/mol. The van der Waals surface area contributed by atoms with E-state index >= 15 is 4.39 Å². The van der Waals surface area contributed by atoms with Crippen molar-refractivity contribution in [2.75, 3.05) is 5.88 Å². The third-order valence-electron chi connectivity index (χ3n) is 10.4. The first-order valence-electron chi connectivity index (χ1n) is 13.6. The van der Waals surface area contributed by atoms with Crippen molar-refractivity contribution in [1.82, 2.24) is 0 Å². The van der Waals surface area contributed by atoms with E-state index in [1.165, 1.54) is 0 Å². The van der Waals surface area contributed by atoms with Crippen LogP contribution < -0.4 is 0 Å². The maximum atomic E-state index is 18.2. The summed E-state index contributed by atoms with van der Waals surface area (Å²) in [6, 6.07) is 0. The largest absolute Gasteiger partial charge is 0.458 e. The van der Waals surface area contributed by atoms with Gasteiger partial charge in [-0.15, -0.1) is 11.6 Å². The molecule has 0 unspecified atom stereocenters. The number of alkyl halides is 2. The van der Waals surface area contributed by atoms with Gasteiger partial charge in [0.2, 0.25) is 0 Å². The predicted molar refractivity (Wildman–Crippen MR) is 136 cm³/mol. The van der Waals surface area contributed by atoms with E-state index in [0.717, 1.165) is 5.57 Å². The second-order valence-corrected chi connectivity index (χ2v) is 14.2. The highest BCUT2D eigenvalue weighted by Gasteiger charge is 2.80. The fraction of sp³-hybridized carbons (Fsp3) is 0.828. The molecule has 0 bridgehead atoms. The zero-order valence-corrected chi connectivity index (χ0v) is 23.8. The van der Waals surface area contributed by atoms with Crippen molar-refractivity contribution >= 4 is 29.1 Å². The Morgan fingerprint density at radius 1 is 1.16 bits per heavy atom. The summed E-state index contributed by atoms with van der Waals surface area (Å²) in [6.45, 7) is 12.7. The topological polar surface area (TPSA) is 78.9 Å². The van der Waals surface area contributed by atoms with Crippen molar-refractivity contribution in [2.45, 2.75) is 116 Å². The highest BCUT2D eigenvalue weighted by molar-refractivity contribution is 6.29. The number of ketones is 2. The summed E-state index contributed by atoms with van der Waals surface area (Å²) >= 11 is 6.17. The summed E-state index contributed by atoms with van der Waals surface area (Å²) in [4.78, 5) is 39.2. The number of carbonyl (C=O) groups excluding carboxylic acids is 3. The second kappa shape index (κ2) is 8.11. The number of allylic oxidation sites excluding steroid dienone is 1. The molecule has 0 spiro atoms. The molecule has 5 rings (SSSR count). The van der Waals surface area contributed by atoms with Gasteiger partial charge in [0.05, 0.1) is 17.4 Å². The molecule has 0 aromatic rings. The Labute approximate surface area is 224 Å². The Hall–Kier alpha value is -1.31. The first kappa shape index (κ1) is 27.3. The number of hydrogen-bond donors (Lipinski definition) is 0. The molecular weight excluding hydrogens is 499 g/mol. The fourth-order valence-electron chi connectivity index (χ4n) is 8.66. The van der Waals surface area contributed by atoms with E-state index < -0.39 is 57.4 Å². The third kappa shape index (κ3) is 3.45. The molecule has 1 heterocycles. The molecule has 5 aliphatic rings. The van der Waals surface area contributed by atoms with Crippen LogP contribution in [0.3, 0.4) is 0 Å². The van der Waals surface area contributed by atoms with E-state index in [4.69, 9.17) is 25.8 Å². The summed E-state index contributed by atoms with van der Waals surface area (Å²) in [5.74, 6) is -2.73. The summed E-state index contributed by atoms with van der Waals surface area (Å²) < 4.78 is 37.1. The zero-order valence-electron chi connectivity index (χ0n) is 23.0. The first-order chi connectivity index (χ1) is 17.0. The Bertz CT molecular complexity index is 1080. The molecule has 0 aromatic heterocycles. The molecule has 4 aliphatic carbocycles. The van der Waals surface area contributed by atoms with Crippen LogP contribution in [0.1, 0.15) is 87.0 Å². The Balaban J connectivity index is 1.68. The lowest BCUT2D eigenvalue weighted by molar-refractivity contribution is -0.257. The number of halogens is 2. The molecule has 4 fully saturated rings. The standard InChI is InChI=1S/C29H40ClFO6/c1-24(2,3)23(34)35-22-14-27(7)19(13-21-29(27,20(33)15-30)37-25(4,5)36-21)18-9-8-16-12-17(32)10-11-26(16,6)28(18,22)31/h12,18-19,21-22H,8-11,13-15H2,1-7H3/t18-,19-,21+,22-,26-,27-,28-,29+/m0/s1. The van der Waals surface area contributed by atoms with Crippen molar-refractivity contribution in [1.29, 1.82) is 0 Å². The maximum Gasteiger partial charge on any atom is 0.311 e. The fourth-order valence-corrected chi connectivity index (χ4v) is 8.86. The minimum atomic E-state index is -1.90. The summed E-state index contributed by atoms with van der Waals surface area (Å²) in [5, 5.41) is 0. The van der Waals surface area contributed by atoms with Gasteiger partial charge in [-0.25, -0.2) is 4.39 Å². The summed E-state index contributed by atoms with van der Waals surface area (Å²) in [7, 11) is 0. The van der Waals surface area contributed by atoms with Crippen LogP contribution in [-0.2, 0) is 28.6 Å². The van der Waals surface area contributed by atoms with Crippen LogP contribution >= 0.6 is 11.6 Å². The lowest BCUT2D eigenvalue weighted by atomic mass is 9.43. The molecule has 206 valence electrons. The van der Waals surface area contributed by atoms with Gasteiger partial charge >= 0.3 is 5.97 Å². The second-order valence-electron chi connectivity index (χ2n) is 13.9. The number of esters is 1. The molecule has 0 amide bonds. The molecule has 0 radical (unpaired) electrons. The Kier molecular flexibility index (Phi) is 5.97. The molecule has 0 aromatic carbocycles. The molecule has 8 atom stereocenters. The molecule has 37 heavy (non-hydrogen) atoms. The highest BCUT2D eigenvalue weighted by atomic mass is 35.5. The van der Waals surface area contributed by atoms with Crippen LogP contribution in [0.5, 0.6) is 0 Å². The van der Waals surface area contributed by atoms with Crippen LogP contribution in [0.15, 0.2) is 11.6 Å². The molecule has 8 heteroatoms. The molecule has 1 saturated heterocycles. The van der Waals surface area contributed by atoms with Gasteiger partial charge in [0.15, 0.2) is 28.6 Å². The van der Waals surface area contributed by atoms with E-state index in [2.05, 4.69) is 0 Å². The van der Waals surface area contributed by atoms with Crippen LogP contribution in [0, 0.1) is 28.1 Å². The quantitative estimate of drug-likeness (QED) is 0.349. The number of fused-ring (bicyclic) bond motifs is 7. The third-order valence-corrected chi connectivity index (χ3v) is 10.7. The van der Waals surface area contributed by atoms with Crippen molar-refractivity contribution in [3.63, 3.8) is 0 Å². The van der Waals surface area contributed by atoms with Gasteiger partial charge in [0.1, 0.15) is 6.10 Å². The lowest BCUT2D eigenvalue weighted by Gasteiger charge is -2.64. The number of hydrogen-bond acceptors (Lipinski definition) is 6. The van der Waals surface area contributed by atoms with Crippen LogP contribution in [-0.4, -0.2) is 52.7 Å².